The van der Waals surface area contributed by atoms with E-state index in [1.165, 1.54) is 43.9 Å². The molecule has 5 rings (SSSR count). The van der Waals surface area contributed by atoms with Gasteiger partial charge in [0.2, 0.25) is 0 Å². The Kier molecular flexibility index (Phi) is 6.19. The fourth-order valence-electron chi connectivity index (χ4n) is 4.84. The first-order valence-electron chi connectivity index (χ1n) is 11.5. The minimum atomic E-state index is -0.235. The number of hydrogen-bond acceptors (Lipinski definition) is 5. The van der Waals surface area contributed by atoms with Crippen LogP contribution in [-0.4, -0.2) is 58.2 Å². The lowest BCUT2D eigenvalue weighted by atomic mass is 9.99. The number of aromatic nitrogens is 1. The molecule has 1 N–H and O–H groups in total. The molecular weight excluding hydrogens is 420 g/mol. The molecule has 2 saturated heterocycles. The van der Waals surface area contributed by atoms with Crippen molar-refractivity contribution >= 4 is 39.1 Å². The third kappa shape index (κ3) is 4.40. The van der Waals surface area contributed by atoms with Gasteiger partial charge in [0.25, 0.3) is 11.8 Å². The summed E-state index contributed by atoms with van der Waals surface area (Å²) in [6, 6.07) is 15.5. The molecule has 2 fully saturated rings. The molecule has 0 saturated carbocycles. The van der Waals surface area contributed by atoms with Gasteiger partial charge in [-0.1, -0.05) is 24.6 Å². The van der Waals surface area contributed by atoms with E-state index in [1.807, 2.05) is 29.2 Å². The molecule has 32 heavy (non-hydrogen) atoms. The number of nitrogens with one attached hydrogen (secondary N) is 1. The van der Waals surface area contributed by atoms with Crippen LogP contribution in [0, 0.1) is 0 Å². The molecule has 0 spiro atoms. The van der Waals surface area contributed by atoms with E-state index in [1.54, 1.807) is 24.3 Å². The van der Waals surface area contributed by atoms with Crippen molar-refractivity contribution in [2.75, 3.05) is 31.5 Å². The van der Waals surface area contributed by atoms with Gasteiger partial charge in [-0.05, 0) is 80.6 Å². The topological polar surface area (TPSA) is 65.5 Å². The highest BCUT2D eigenvalue weighted by atomic mass is 32.1. The molecule has 0 bridgehead atoms. The number of amides is 2. The maximum atomic E-state index is 13.0. The summed E-state index contributed by atoms with van der Waals surface area (Å²) >= 11 is 1.32. The van der Waals surface area contributed by atoms with Crippen LogP contribution >= 0.6 is 11.5 Å². The molecule has 2 aliphatic rings. The Labute approximate surface area is 192 Å². The van der Waals surface area contributed by atoms with E-state index in [9.17, 15) is 9.59 Å². The van der Waals surface area contributed by atoms with Crippen LogP contribution in [0.1, 0.15) is 53.0 Å². The van der Waals surface area contributed by atoms with E-state index in [0.717, 1.165) is 36.0 Å². The van der Waals surface area contributed by atoms with Crippen LogP contribution in [-0.2, 0) is 0 Å². The van der Waals surface area contributed by atoms with E-state index in [-0.39, 0.29) is 11.8 Å². The number of fused-ring (bicyclic) bond motifs is 1. The van der Waals surface area contributed by atoms with Gasteiger partial charge in [0.1, 0.15) is 5.69 Å². The van der Waals surface area contributed by atoms with Gasteiger partial charge in [0, 0.05) is 35.8 Å². The zero-order valence-electron chi connectivity index (χ0n) is 18.1. The molecule has 6 nitrogen and oxygen atoms in total. The maximum Gasteiger partial charge on any atom is 0.276 e. The number of carbonyl (C=O) groups excluding carboxylic acids is 2. The number of hydrogen-bond donors (Lipinski definition) is 1. The van der Waals surface area contributed by atoms with E-state index in [2.05, 4.69) is 14.6 Å². The quantitative estimate of drug-likeness (QED) is 0.632. The molecule has 0 unspecified atom stereocenters. The van der Waals surface area contributed by atoms with Crippen molar-refractivity contribution < 1.29 is 9.59 Å². The molecule has 2 aliphatic heterocycles. The van der Waals surface area contributed by atoms with Gasteiger partial charge >= 0.3 is 0 Å². The van der Waals surface area contributed by atoms with Crippen molar-refractivity contribution in [1.82, 2.24) is 14.2 Å². The maximum absolute atomic E-state index is 13.0. The van der Waals surface area contributed by atoms with Gasteiger partial charge in [-0.2, -0.15) is 4.37 Å². The molecular formula is C25H28N4O2S. The normalized spacial score (nSPS) is 18.1. The molecule has 7 heteroatoms. The third-order valence-electron chi connectivity index (χ3n) is 6.64. The summed E-state index contributed by atoms with van der Waals surface area (Å²) in [4.78, 5) is 30.2. The Balaban J connectivity index is 1.18. The van der Waals surface area contributed by atoms with Crippen LogP contribution in [0.5, 0.6) is 0 Å². The molecule has 0 aliphatic carbocycles. The first-order valence-corrected chi connectivity index (χ1v) is 12.3. The Morgan fingerprint density at radius 2 is 1.62 bits per heavy atom. The molecule has 0 atom stereocenters. The average Bonchev–Trinajstić information content (AvgIpc) is 3.29. The zero-order valence-corrected chi connectivity index (χ0v) is 18.9. The summed E-state index contributed by atoms with van der Waals surface area (Å²) in [6.07, 6.45) is 6.08. The van der Waals surface area contributed by atoms with Crippen molar-refractivity contribution in [3.63, 3.8) is 0 Å². The predicted octanol–water partition coefficient (Wildman–Crippen LogP) is 4.64. The van der Waals surface area contributed by atoms with Crippen LogP contribution in [0.15, 0.2) is 48.5 Å². The highest BCUT2D eigenvalue weighted by Crippen LogP contribution is 2.24. The van der Waals surface area contributed by atoms with Crippen molar-refractivity contribution in [3.05, 3.63) is 59.8 Å². The lowest BCUT2D eigenvalue weighted by Crippen LogP contribution is -2.48. The van der Waals surface area contributed by atoms with E-state index in [0.29, 0.717) is 23.0 Å². The Morgan fingerprint density at radius 3 is 2.38 bits per heavy atom. The summed E-state index contributed by atoms with van der Waals surface area (Å²) in [6.45, 7) is 4.05. The fourth-order valence-corrected chi connectivity index (χ4v) is 5.61. The molecule has 3 heterocycles. The SMILES string of the molecule is O=C(Nc1ccc(C(=O)N2CCC(N3CCCCC3)CC2)cc1)c1nsc2ccccc12. The molecule has 0 radical (unpaired) electrons. The summed E-state index contributed by atoms with van der Waals surface area (Å²) in [5.74, 6) is -0.160. The standard InChI is InChI=1S/C25H28N4O2S/c30-24(23-21-6-2-3-7-22(21)32-27-23)26-19-10-8-18(9-11-19)25(31)29-16-12-20(13-17-29)28-14-4-1-5-15-28/h2-3,6-11,20H,1,4-5,12-17H2,(H,26,30). The molecule has 3 aromatic rings. The molecule has 1 aromatic heterocycles. The lowest BCUT2D eigenvalue weighted by Gasteiger charge is -2.40. The second-order valence-electron chi connectivity index (χ2n) is 8.68. The monoisotopic (exact) mass is 448 g/mol. The van der Waals surface area contributed by atoms with Crippen molar-refractivity contribution in [1.29, 1.82) is 0 Å². The lowest BCUT2D eigenvalue weighted by molar-refractivity contribution is 0.0590. The predicted molar refractivity (Wildman–Crippen MR) is 128 cm³/mol. The Morgan fingerprint density at radius 1 is 0.906 bits per heavy atom. The largest absolute Gasteiger partial charge is 0.339 e. The highest BCUT2D eigenvalue weighted by Gasteiger charge is 2.28. The average molecular weight is 449 g/mol. The zero-order chi connectivity index (χ0) is 21.9. The second-order valence-corrected chi connectivity index (χ2v) is 9.48. The molecule has 166 valence electrons. The van der Waals surface area contributed by atoms with Gasteiger partial charge in [0.15, 0.2) is 0 Å². The minimum Gasteiger partial charge on any atom is -0.339 e. The number of piperidine rings is 2. The number of nitrogens with zero attached hydrogens (tertiary/aromatic N) is 3. The van der Waals surface area contributed by atoms with Crippen LogP contribution in [0.3, 0.4) is 0 Å². The first kappa shape index (κ1) is 21.1. The number of likely N-dealkylation sites (tertiary alicyclic amines) is 2. The molecule has 2 amide bonds. The fraction of sp³-hybridized carbons (Fsp3) is 0.400. The van der Waals surface area contributed by atoms with Crippen LogP contribution in [0.2, 0.25) is 0 Å². The smallest absolute Gasteiger partial charge is 0.276 e. The van der Waals surface area contributed by atoms with Crippen LogP contribution in [0.25, 0.3) is 10.1 Å². The summed E-state index contributed by atoms with van der Waals surface area (Å²) in [5.41, 5.74) is 1.76. The van der Waals surface area contributed by atoms with Gasteiger partial charge in [-0.25, -0.2) is 0 Å². The number of benzene rings is 2. The minimum absolute atomic E-state index is 0.0745. The summed E-state index contributed by atoms with van der Waals surface area (Å²) in [5, 5.41) is 3.76. The van der Waals surface area contributed by atoms with Gasteiger partial charge in [0.05, 0.1) is 4.70 Å². The van der Waals surface area contributed by atoms with E-state index < -0.39 is 0 Å². The van der Waals surface area contributed by atoms with Crippen LogP contribution < -0.4 is 5.32 Å². The van der Waals surface area contributed by atoms with Gasteiger partial charge in [-0.15, -0.1) is 0 Å². The first-order chi connectivity index (χ1) is 15.7. The van der Waals surface area contributed by atoms with Crippen molar-refractivity contribution in [3.8, 4) is 0 Å². The summed E-state index contributed by atoms with van der Waals surface area (Å²) in [7, 11) is 0. The number of rotatable bonds is 4. The number of anilines is 1. The van der Waals surface area contributed by atoms with E-state index in [4.69, 9.17) is 0 Å². The highest BCUT2D eigenvalue weighted by molar-refractivity contribution is 7.13. The summed E-state index contributed by atoms with van der Waals surface area (Å²) < 4.78 is 5.29. The van der Waals surface area contributed by atoms with Crippen molar-refractivity contribution in [2.24, 2.45) is 0 Å². The second kappa shape index (κ2) is 9.38. The number of carbonyl (C=O) groups is 2. The molecule has 2 aromatic carbocycles. The van der Waals surface area contributed by atoms with Crippen molar-refractivity contribution in [2.45, 2.75) is 38.1 Å². The van der Waals surface area contributed by atoms with Gasteiger partial charge in [-0.3, -0.25) is 9.59 Å². The van der Waals surface area contributed by atoms with E-state index >= 15 is 0 Å². The van der Waals surface area contributed by atoms with Crippen LogP contribution in [0.4, 0.5) is 5.69 Å². The Hall–Kier alpha value is -2.77. The van der Waals surface area contributed by atoms with Gasteiger partial charge < -0.3 is 15.1 Å². The third-order valence-corrected chi connectivity index (χ3v) is 7.47. The Bertz CT molecular complexity index is 1100.